The summed E-state index contributed by atoms with van der Waals surface area (Å²) in [6.07, 6.45) is 2.36. The first kappa shape index (κ1) is 12.8. The smallest absolute Gasteiger partial charge is 0.307 e. The average Bonchev–Trinajstić information content (AvgIpc) is 3.22. The van der Waals surface area contributed by atoms with Crippen LogP contribution in [0.3, 0.4) is 0 Å². The number of carbonyl (C=O) groups is 1. The molecule has 1 aliphatic carbocycles. The summed E-state index contributed by atoms with van der Waals surface area (Å²) in [7, 11) is 0. The van der Waals surface area contributed by atoms with E-state index in [0.29, 0.717) is 12.2 Å². The van der Waals surface area contributed by atoms with Crippen LogP contribution in [0.15, 0.2) is 30.5 Å². The van der Waals surface area contributed by atoms with Crippen LogP contribution in [0.2, 0.25) is 0 Å². The second kappa shape index (κ2) is 4.71. The highest BCUT2D eigenvalue weighted by molar-refractivity contribution is 5.75. The molecule has 20 heavy (non-hydrogen) atoms. The molecule has 2 atom stereocenters. The first-order valence-corrected chi connectivity index (χ1v) is 6.69. The Bertz CT molecular complexity index is 682. The molecular formula is C16H16N2O2. The second-order valence-electron chi connectivity index (χ2n) is 5.41. The highest BCUT2D eigenvalue weighted by atomic mass is 16.4. The van der Waals surface area contributed by atoms with Gasteiger partial charge in [-0.1, -0.05) is 17.7 Å². The lowest BCUT2D eigenvalue weighted by Crippen LogP contribution is -2.02. The van der Waals surface area contributed by atoms with Crippen molar-refractivity contribution in [2.75, 3.05) is 0 Å². The van der Waals surface area contributed by atoms with Crippen molar-refractivity contribution in [1.82, 2.24) is 9.97 Å². The van der Waals surface area contributed by atoms with Crippen molar-refractivity contribution in [3.63, 3.8) is 0 Å². The summed E-state index contributed by atoms with van der Waals surface area (Å²) in [6, 6.07) is 8.12. The van der Waals surface area contributed by atoms with Gasteiger partial charge in [0.1, 0.15) is 5.82 Å². The number of aryl methyl sites for hydroxylation is 2. The summed E-state index contributed by atoms with van der Waals surface area (Å²) >= 11 is 0. The zero-order valence-electron chi connectivity index (χ0n) is 11.5. The van der Waals surface area contributed by atoms with Gasteiger partial charge in [-0.2, -0.15) is 0 Å². The van der Waals surface area contributed by atoms with Gasteiger partial charge in [-0.25, -0.2) is 9.97 Å². The van der Waals surface area contributed by atoms with E-state index in [-0.39, 0.29) is 11.8 Å². The largest absolute Gasteiger partial charge is 0.481 e. The van der Waals surface area contributed by atoms with E-state index in [1.165, 1.54) is 5.56 Å². The van der Waals surface area contributed by atoms with E-state index in [1.807, 2.05) is 19.9 Å². The van der Waals surface area contributed by atoms with Crippen LogP contribution >= 0.6 is 0 Å². The maximum atomic E-state index is 10.9. The predicted molar refractivity (Wildman–Crippen MR) is 75.4 cm³/mol. The van der Waals surface area contributed by atoms with Crippen molar-refractivity contribution in [1.29, 1.82) is 0 Å². The van der Waals surface area contributed by atoms with Crippen LogP contribution in [-0.2, 0) is 4.79 Å². The lowest BCUT2D eigenvalue weighted by atomic mass is 10.0. The van der Waals surface area contributed by atoms with Gasteiger partial charge in [-0.3, -0.25) is 4.79 Å². The summed E-state index contributed by atoms with van der Waals surface area (Å²) in [6.45, 7) is 4.10. The van der Waals surface area contributed by atoms with Crippen molar-refractivity contribution < 1.29 is 9.90 Å². The van der Waals surface area contributed by atoms with Gasteiger partial charge in [0.25, 0.3) is 0 Å². The van der Waals surface area contributed by atoms with Gasteiger partial charge in [-0.05, 0) is 38.0 Å². The number of aromatic nitrogens is 2. The summed E-state index contributed by atoms with van der Waals surface area (Å²) in [5.74, 6) is -0.451. The molecule has 1 aromatic carbocycles. The molecule has 0 saturated heterocycles. The number of carboxylic acids is 1. The van der Waals surface area contributed by atoms with E-state index in [0.717, 1.165) is 16.8 Å². The number of aliphatic carboxylic acids is 1. The Kier molecular flexibility index (Phi) is 3.01. The van der Waals surface area contributed by atoms with Crippen LogP contribution < -0.4 is 0 Å². The molecule has 1 aliphatic rings. The fourth-order valence-corrected chi connectivity index (χ4v) is 2.47. The number of carboxylic acid groups (broad SMARTS) is 1. The maximum Gasteiger partial charge on any atom is 0.307 e. The van der Waals surface area contributed by atoms with E-state index in [1.54, 1.807) is 6.20 Å². The predicted octanol–water partition coefficient (Wildman–Crippen LogP) is 2.95. The van der Waals surface area contributed by atoms with Gasteiger partial charge in [0.15, 0.2) is 0 Å². The van der Waals surface area contributed by atoms with Crippen molar-refractivity contribution in [2.24, 2.45) is 5.92 Å². The maximum absolute atomic E-state index is 10.9. The third-order valence-corrected chi connectivity index (χ3v) is 3.78. The molecule has 2 aromatic rings. The van der Waals surface area contributed by atoms with Gasteiger partial charge in [0.05, 0.1) is 11.6 Å². The normalized spacial score (nSPS) is 20.7. The molecule has 1 fully saturated rings. The Morgan fingerprint density at radius 1 is 1.30 bits per heavy atom. The van der Waals surface area contributed by atoms with Crippen LogP contribution in [0.5, 0.6) is 0 Å². The molecule has 3 rings (SSSR count). The van der Waals surface area contributed by atoms with Crippen LogP contribution in [0.4, 0.5) is 0 Å². The molecule has 0 amide bonds. The van der Waals surface area contributed by atoms with Crippen LogP contribution in [0.25, 0.3) is 11.3 Å². The minimum atomic E-state index is -0.754. The van der Waals surface area contributed by atoms with Crippen molar-refractivity contribution in [3.8, 4) is 11.3 Å². The molecular weight excluding hydrogens is 252 g/mol. The van der Waals surface area contributed by atoms with Crippen molar-refractivity contribution in [2.45, 2.75) is 26.2 Å². The molecule has 102 valence electrons. The molecule has 4 heteroatoms. The third-order valence-electron chi connectivity index (χ3n) is 3.78. The monoisotopic (exact) mass is 268 g/mol. The second-order valence-corrected chi connectivity index (χ2v) is 5.41. The Balaban J connectivity index is 1.96. The topological polar surface area (TPSA) is 63.1 Å². The fourth-order valence-electron chi connectivity index (χ4n) is 2.47. The van der Waals surface area contributed by atoms with Gasteiger partial charge >= 0.3 is 5.97 Å². The summed E-state index contributed by atoms with van der Waals surface area (Å²) in [5.41, 5.74) is 4.29. The molecule has 1 heterocycles. The summed E-state index contributed by atoms with van der Waals surface area (Å²) in [4.78, 5) is 19.7. The minimum absolute atomic E-state index is 0.0300. The molecule has 1 saturated carbocycles. The van der Waals surface area contributed by atoms with Crippen molar-refractivity contribution in [3.05, 3.63) is 47.4 Å². The van der Waals surface area contributed by atoms with E-state index < -0.39 is 5.97 Å². The number of rotatable bonds is 3. The molecule has 1 aromatic heterocycles. The Morgan fingerprint density at radius 3 is 2.80 bits per heavy atom. The summed E-state index contributed by atoms with van der Waals surface area (Å²) in [5, 5.41) is 9.00. The van der Waals surface area contributed by atoms with E-state index in [4.69, 9.17) is 5.11 Å². The highest BCUT2D eigenvalue weighted by Gasteiger charge is 2.46. The molecule has 1 N–H and O–H groups in total. The summed E-state index contributed by atoms with van der Waals surface area (Å²) < 4.78 is 0. The Hall–Kier alpha value is -2.23. The first-order chi connectivity index (χ1) is 9.56. The van der Waals surface area contributed by atoms with E-state index in [2.05, 4.69) is 28.2 Å². The number of nitrogens with zero attached hydrogens (tertiary/aromatic N) is 2. The lowest BCUT2D eigenvalue weighted by molar-refractivity contribution is -0.138. The molecule has 0 radical (unpaired) electrons. The number of benzene rings is 1. The van der Waals surface area contributed by atoms with Gasteiger partial charge in [0, 0.05) is 17.7 Å². The number of hydrogen-bond donors (Lipinski definition) is 1. The van der Waals surface area contributed by atoms with Gasteiger partial charge < -0.3 is 5.11 Å². The van der Waals surface area contributed by atoms with Gasteiger partial charge in [0.2, 0.25) is 0 Å². The van der Waals surface area contributed by atoms with Gasteiger partial charge in [-0.15, -0.1) is 0 Å². The van der Waals surface area contributed by atoms with Crippen LogP contribution in [0.1, 0.15) is 29.3 Å². The van der Waals surface area contributed by atoms with E-state index in [9.17, 15) is 4.79 Å². The van der Waals surface area contributed by atoms with Crippen LogP contribution in [-0.4, -0.2) is 21.0 Å². The van der Waals surface area contributed by atoms with E-state index >= 15 is 0 Å². The zero-order chi connectivity index (χ0) is 14.3. The Labute approximate surface area is 117 Å². The molecule has 4 nitrogen and oxygen atoms in total. The zero-order valence-corrected chi connectivity index (χ0v) is 11.5. The molecule has 0 bridgehead atoms. The number of hydrogen-bond acceptors (Lipinski definition) is 3. The Morgan fingerprint density at radius 2 is 2.10 bits per heavy atom. The van der Waals surface area contributed by atoms with Crippen LogP contribution in [0, 0.1) is 19.8 Å². The average molecular weight is 268 g/mol. The fraction of sp³-hybridized carbons (Fsp3) is 0.312. The lowest BCUT2D eigenvalue weighted by Gasteiger charge is -2.07. The van der Waals surface area contributed by atoms with Crippen molar-refractivity contribution >= 4 is 5.97 Å². The quantitative estimate of drug-likeness (QED) is 0.929. The first-order valence-electron chi connectivity index (χ1n) is 6.69. The SMILES string of the molecule is Cc1ccc(C)c(-c2ccnc(C3CC3C(=O)O)n2)c1. The molecule has 0 spiro atoms. The minimum Gasteiger partial charge on any atom is -0.481 e. The standard InChI is InChI=1S/C16H16N2O2/c1-9-3-4-10(2)11(7-9)14-5-6-17-15(18-14)12-8-13(12)16(19)20/h3-7,12-13H,8H2,1-2H3,(H,19,20). The third kappa shape index (κ3) is 2.29. The molecule has 0 aliphatic heterocycles. The highest BCUT2D eigenvalue weighted by Crippen LogP contribution is 2.46. The molecule has 2 unspecified atom stereocenters.